The van der Waals surface area contributed by atoms with Crippen LogP contribution in [-0.4, -0.2) is 42.7 Å². The van der Waals surface area contributed by atoms with Crippen LogP contribution in [0.15, 0.2) is 0 Å². The van der Waals surface area contributed by atoms with E-state index in [9.17, 15) is 35.9 Å². The number of carbonyl (C=O) groups is 2. The summed E-state index contributed by atoms with van der Waals surface area (Å²) in [4.78, 5) is 23.1. The summed E-state index contributed by atoms with van der Waals surface area (Å²) in [7, 11) is 0. The van der Waals surface area contributed by atoms with E-state index < -0.39 is 29.6 Å². The minimum atomic E-state index is -6.17. The first-order valence-corrected chi connectivity index (χ1v) is 12.2. The van der Waals surface area contributed by atoms with Gasteiger partial charge in [-0.15, -0.1) is 0 Å². The van der Waals surface area contributed by atoms with Gasteiger partial charge in [0.1, 0.15) is 0 Å². The lowest BCUT2D eigenvalue weighted by Crippen LogP contribution is -2.65. The molecule has 33 heavy (non-hydrogen) atoms. The van der Waals surface area contributed by atoms with E-state index >= 15 is 0 Å². The number of rotatable bonds is 20. The third kappa shape index (κ3) is 10.5. The molecule has 0 unspecified atom stereocenters. The van der Waals surface area contributed by atoms with Gasteiger partial charge in [-0.1, -0.05) is 90.9 Å². The van der Waals surface area contributed by atoms with Crippen LogP contribution in [0.5, 0.6) is 0 Å². The minimum Gasteiger partial charge on any atom is -0.351 e. The van der Waals surface area contributed by atoms with Crippen LogP contribution in [0.4, 0.5) is 26.3 Å². The number of nitrogens with one attached hydrogen (secondary N) is 2. The highest BCUT2D eigenvalue weighted by molar-refractivity contribution is 5.89. The summed E-state index contributed by atoms with van der Waals surface area (Å²) in [5.41, 5.74) is 0. The number of hydrogen-bond donors (Lipinski definition) is 2. The van der Waals surface area contributed by atoms with E-state index in [1.54, 1.807) is 10.6 Å². The molecule has 0 aromatic heterocycles. The number of unbranched alkanes of at least 4 members (excludes halogenated alkanes) is 12. The van der Waals surface area contributed by atoms with Crippen molar-refractivity contribution < 1.29 is 35.9 Å². The Morgan fingerprint density at radius 1 is 0.515 bits per heavy atom. The highest BCUT2D eigenvalue weighted by Crippen LogP contribution is 2.46. The molecule has 0 heterocycles. The fourth-order valence-corrected chi connectivity index (χ4v) is 3.27. The molecule has 0 fully saturated rings. The molecule has 0 aliphatic heterocycles. The Bertz CT molecular complexity index is 513. The van der Waals surface area contributed by atoms with Gasteiger partial charge in [-0.05, 0) is 12.8 Å². The van der Waals surface area contributed by atoms with Crippen molar-refractivity contribution in [2.24, 2.45) is 0 Å². The molecule has 0 aromatic carbocycles. The fraction of sp³-hybridized carbons (Fsp3) is 0.913. The smallest absolute Gasteiger partial charge is 0.351 e. The van der Waals surface area contributed by atoms with Gasteiger partial charge in [0, 0.05) is 13.1 Å². The summed E-state index contributed by atoms with van der Waals surface area (Å²) >= 11 is 0. The molecule has 2 N–H and O–H groups in total. The van der Waals surface area contributed by atoms with Crippen LogP contribution >= 0.6 is 0 Å². The number of carbonyl (C=O) groups excluding carboxylic acids is 2. The lowest BCUT2D eigenvalue weighted by Gasteiger charge is -2.31. The zero-order valence-corrected chi connectivity index (χ0v) is 19.9. The van der Waals surface area contributed by atoms with Gasteiger partial charge in [-0.25, -0.2) is 0 Å². The topological polar surface area (TPSA) is 58.2 Å². The average molecular weight is 491 g/mol. The number of alkyl halides is 6. The maximum absolute atomic E-state index is 14.0. The molecule has 0 atom stereocenters. The summed E-state index contributed by atoms with van der Waals surface area (Å²) in [6.07, 6.45) is 11.4. The summed E-state index contributed by atoms with van der Waals surface area (Å²) in [6.45, 7) is 3.42. The highest BCUT2D eigenvalue weighted by atomic mass is 19.3. The third-order valence-corrected chi connectivity index (χ3v) is 5.49. The molecular formula is C23H40F6N2O2. The second kappa shape index (κ2) is 16.2. The summed E-state index contributed by atoms with van der Waals surface area (Å²) in [5, 5.41) is 3.18. The first kappa shape index (κ1) is 31.5. The average Bonchev–Trinajstić information content (AvgIpc) is 2.76. The monoisotopic (exact) mass is 490 g/mol. The minimum absolute atomic E-state index is 0.259. The molecule has 0 rings (SSSR count). The highest BCUT2D eigenvalue weighted by Gasteiger charge is 2.77. The van der Waals surface area contributed by atoms with Gasteiger partial charge in [-0.2, -0.15) is 26.3 Å². The van der Waals surface area contributed by atoms with E-state index in [4.69, 9.17) is 0 Å². The number of amides is 2. The van der Waals surface area contributed by atoms with Crippen molar-refractivity contribution in [3.63, 3.8) is 0 Å². The predicted molar refractivity (Wildman–Crippen MR) is 117 cm³/mol. The molecule has 0 saturated carbocycles. The molecule has 0 bridgehead atoms. The SMILES string of the molecule is CCCCCCCCCNC(=O)C(F)(F)C(F)(F)C(F)(F)C(=O)NCCCCCCCCC. The van der Waals surface area contributed by atoms with E-state index in [1.165, 1.54) is 0 Å². The van der Waals surface area contributed by atoms with Crippen LogP contribution in [-0.2, 0) is 9.59 Å². The van der Waals surface area contributed by atoms with E-state index in [0.717, 1.165) is 64.2 Å². The van der Waals surface area contributed by atoms with Crippen molar-refractivity contribution in [1.82, 2.24) is 10.6 Å². The van der Waals surface area contributed by atoms with Crippen molar-refractivity contribution in [1.29, 1.82) is 0 Å². The van der Waals surface area contributed by atoms with Crippen molar-refractivity contribution in [2.75, 3.05) is 13.1 Å². The second-order valence-electron chi connectivity index (χ2n) is 8.48. The third-order valence-electron chi connectivity index (χ3n) is 5.49. The Balaban J connectivity index is 4.53. The second-order valence-corrected chi connectivity index (χ2v) is 8.48. The predicted octanol–water partition coefficient (Wildman–Crippen LogP) is 6.63. The van der Waals surface area contributed by atoms with Gasteiger partial charge >= 0.3 is 17.8 Å². The van der Waals surface area contributed by atoms with E-state index in [1.807, 2.05) is 0 Å². The lowest BCUT2D eigenvalue weighted by molar-refractivity contribution is -0.287. The van der Waals surface area contributed by atoms with E-state index in [2.05, 4.69) is 13.8 Å². The lowest BCUT2D eigenvalue weighted by atomic mass is 10.0. The Hall–Kier alpha value is -1.48. The van der Waals surface area contributed by atoms with Crippen molar-refractivity contribution in [2.45, 2.75) is 122 Å². The van der Waals surface area contributed by atoms with Crippen molar-refractivity contribution >= 4 is 11.8 Å². The summed E-state index contributed by atoms with van der Waals surface area (Å²) < 4.78 is 83.6. The van der Waals surface area contributed by atoms with Crippen LogP contribution in [0.1, 0.15) is 104 Å². The van der Waals surface area contributed by atoms with Gasteiger partial charge in [0.2, 0.25) is 0 Å². The molecule has 0 aromatic rings. The number of hydrogen-bond acceptors (Lipinski definition) is 2. The molecule has 0 spiro atoms. The standard InChI is InChI=1S/C23H40F6N2O2/c1-3-5-7-9-11-13-15-17-30-19(32)21(24,25)23(28,29)22(26,27)20(33)31-18-16-14-12-10-8-6-4-2/h3-18H2,1-2H3,(H,30,32)(H,31,33). The molecule has 10 heteroatoms. The molecule has 0 aliphatic carbocycles. The Morgan fingerprint density at radius 2 is 0.788 bits per heavy atom. The van der Waals surface area contributed by atoms with Gasteiger partial charge in [0.15, 0.2) is 0 Å². The maximum atomic E-state index is 14.0. The molecule has 196 valence electrons. The zero-order valence-electron chi connectivity index (χ0n) is 19.9. The molecular weight excluding hydrogens is 450 g/mol. The van der Waals surface area contributed by atoms with E-state index in [0.29, 0.717) is 12.8 Å². The number of halogens is 6. The molecule has 0 radical (unpaired) electrons. The van der Waals surface area contributed by atoms with Crippen LogP contribution in [0.2, 0.25) is 0 Å². The van der Waals surface area contributed by atoms with E-state index in [-0.39, 0.29) is 25.9 Å². The largest absolute Gasteiger partial charge is 0.393 e. The van der Waals surface area contributed by atoms with Crippen LogP contribution in [0.25, 0.3) is 0 Å². The summed E-state index contributed by atoms with van der Waals surface area (Å²) in [6, 6.07) is 0. The fourth-order valence-electron chi connectivity index (χ4n) is 3.27. The normalized spacial score (nSPS) is 12.6. The van der Waals surface area contributed by atoms with Gasteiger partial charge < -0.3 is 10.6 Å². The van der Waals surface area contributed by atoms with Crippen LogP contribution < -0.4 is 10.6 Å². The first-order valence-electron chi connectivity index (χ1n) is 12.2. The van der Waals surface area contributed by atoms with Crippen LogP contribution in [0, 0.1) is 0 Å². The molecule has 0 saturated heterocycles. The maximum Gasteiger partial charge on any atom is 0.393 e. The Kier molecular flexibility index (Phi) is 15.5. The van der Waals surface area contributed by atoms with Gasteiger partial charge in [0.05, 0.1) is 0 Å². The van der Waals surface area contributed by atoms with Crippen LogP contribution in [0.3, 0.4) is 0 Å². The van der Waals surface area contributed by atoms with Gasteiger partial charge in [0.25, 0.3) is 11.8 Å². The van der Waals surface area contributed by atoms with Crippen molar-refractivity contribution in [3.8, 4) is 0 Å². The van der Waals surface area contributed by atoms with Crippen molar-refractivity contribution in [3.05, 3.63) is 0 Å². The zero-order chi connectivity index (χ0) is 25.4. The van der Waals surface area contributed by atoms with Gasteiger partial charge in [-0.3, -0.25) is 9.59 Å². The summed E-state index contributed by atoms with van der Waals surface area (Å²) in [5.74, 6) is -22.7. The Labute approximate surface area is 193 Å². The Morgan fingerprint density at radius 3 is 1.09 bits per heavy atom. The quantitative estimate of drug-likeness (QED) is 0.149. The molecule has 4 nitrogen and oxygen atoms in total. The first-order chi connectivity index (χ1) is 15.5. The molecule has 2 amide bonds. The molecule has 0 aliphatic rings.